The van der Waals surface area contributed by atoms with Gasteiger partial charge >= 0.3 is 0 Å². The Hall–Kier alpha value is -2.12. The summed E-state index contributed by atoms with van der Waals surface area (Å²) < 4.78 is 2.32. The van der Waals surface area contributed by atoms with Gasteiger partial charge < -0.3 is 9.88 Å². The number of para-hydroxylation sites is 1. The van der Waals surface area contributed by atoms with Crippen LogP contribution in [0.2, 0.25) is 0 Å². The number of benzene rings is 1. The van der Waals surface area contributed by atoms with Crippen LogP contribution >= 0.6 is 23.1 Å². The van der Waals surface area contributed by atoms with E-state index in [2.05, 4.69) is 37.6 Å². The van der Waals surface area contributed by atoms with Gasteiger partial charge in [0.1, 0.15) is 5.82 Å². The van der Waals surface area contributed by atoms with Crippen molar-refractivity contribution < 1.29 is 4.79 Å². The van der Waals surface area contributed by atoms with Gasteiger partial charge in [-0.05, 0) is 43.3 Å². The second-order valence-electron chi connectivity index (χ2n) is 7.43. The van der Waals surface area contributed by atoms with Gasteiger partial charge in [-0.3, -0.25) is 4.79 Å². The van der Waals surface area contributed by atoms with Crippen LogP contribution < -0.4 is 5.32 Å². The number of anilines is 1. The van der Waals surface area contributed by atoms with Gasteiger partial charge in [0.25, 0.3) is 0 Å². The first-order valence-corrected chi connectivity index (χ1v) is 12.0. The normalized spacial score (nSPS) is 15.9. The van der Waals surface area contributed by atoms with E-state index in [9.17, 15) is 4.79 Å². The minimum Gasteiger partial charge on any atom is -0.325 e. The molecule has 0 spiro atoms. The van der Waals surface area contributed by atoms with Crippen LogP contribution in [0.15, 0.2) is 53.0 Å². The van der Waals surface area contributed by atoms with Gasteiger partial charge in [0.2, 0.25) is 5.91 Å². The van der Waals surface area contributed by atoms with Crippen LogP contribution in [-0.2, 0) is 11.2 Å². The molecule has 7 heteroatoms. The van der Waals surface area contributed by atoms with Crippen LogP contribution in [0.3, 0.4) is 0 Å². The van der Waals surface area contributed by atoms with Crippen molar-refractivity contribution in [1.29, 1.82) is 0 Å². The highest BCUT2D eigenvalue weighted by atomic mass is 32.2. The van der Waals surface area contributed by atoms with Gasteiger partial charge in [0.15, 0.2) is 5.16 Å². The van der Waals surface area contributed by atoms with Crippen molar-refractivity contribution in [3.63, 3.8) is 0 Å². The summed E-state index contributed by atoms with van der Waals surface area (Å²) in [6, 6.07) is 14.2. The average Bonchev–Trinajstić information content (AvgIpc) is 3.40. The molecule has 29 heavy (non-hydrogen) atoms. The lowest BCUT2D eigenvalue weighted by Crippen LogP contribution is -2.23. The molecule has 1 unspecified atom stereocenters. The predicted molar refractivity (Wildman–Crippen MR) is 120 cm³/mol. The molecule has 1 aromatic carbocycles. The maximum absolute atomic E-state index is 12.7. The summed E-state index contributed by atoms with van der Waals surface area (Å²) in [5.74, 6) is 0.997. The molecule has 0 bridgehead atoms. The summed E-state index contributed by atoms with van der Waals surface area (Å²) >= 11 is 3.26. The fourth-order valence-corrected chi connectivity index (χ4v) is 5.40. The fourth-order valence-electron chi connectivity index (χ4n) is 3.76. The van der Waals surface area contributed by atoms with E-state index in [0.717, 1.165) is 35.9 Å². The zero-order chi connectivity index (χ0) is 20.1. The quantitative estimate of drug-likeness (QED) is 0.503. The molecule has 1 aliphatic carbocycles. The first kappa shape index (κ1) is 20.2. The van der Waals surface area contributed by atoms with E-state index < -0.39 is 0 Å². The number of carbonyl (C=O) groups is 1. The predicted octanol–water partition coefficient (Wildman–Crippen LogP) is 5.55. The summed E-state index contributed by atoms with van der Waals surface area (Å²) in [7, 11) is 0. The van der Waals surface area contributed by atoms with Crippen LogP contribution in [0.5, 0.6) is 0 Å². The standard InChI is InChI=1S/C22H26N4OS2/c1-16(21(27)23-17-9-4-2-5-10-17)29-22-25-24-20(15-19-13-8-14-28-19)26(22)18-11-6-3-7-12-18/h2,4-5,8-10,13-14,16,18H,3,6-7,11-12,15H2,1H3,(H,23,27). The van der Waals surface area contributed by atoms with Crippen molar-refractivity contribution in [2.45, 2.75) is 61.9 Å². The van der Waals surface area contributed by atoms with Gasteiger partial charge in [0, 0.05) is 23.0 Å². The van der Waals surface area contributed by atoms with Gasteiger partial charge in [-0.25, -0.2) is 0 Å². The Bertz CT molecular complexity index is 918. The van der Waals surface area contributed by atoms with Crippen LogP contribution in [0.4, 0.5) is 5.69 Å². The molecule has 3 aromatic rings. The number of thioether (sulfide) groups is 1. The molecule has 5 nitrogen and oxygen atoms in total. The summed E-state index contributed by atoms with van der Waals surface area (Å²) in [5, 5.41) is 14.7. The van der Waals surface area contributed by atoms with E-state index in [-0.39, 0.29) is 11.2 Å². The monoisotopic (exact) mass is 426 g/mol. The Morgan fingerprint density at radius 1 is 1.17 bits per heavy atom. The van der Waals surface area contributed by atoms with Crippen LogP contribution in [0, 0.1) is 0 Å². The molecule has 0 aliphatic heterocycles. The van der Waals surface area contributed by atoms with Gasteiger partial charge in [0.05, 0.1) is 5.25 Å². The molecule has 0 saturated heterocycles. The number of hydrogen-bond acceptors (Lipinski definition) is 5. The highest BCUT2D eigenvalue weighted by Gasteiger charge is 2.26. The zero-order valence-corrected chi connectivity index (χ0v) is 18.2. The topological polar surface area (TPSA) is 59.8 Å². The third-order valence-electron chi connectivity index (χ3n) is 5.28. The lowest BCUT2D eigenvalue weighted by molar-refractivity contribution is -0.115. The zero-order valence-electron chi connectivity index (χ0n) is 16.6. The Morgan fingerprint density at radius 2 is 1.97 bits per heavy atom. The van der Waals surface area contributed by atoms with E-state index in [0.29, 0.717) is 6.04 Å². The Labute approximate surface area is 179 Å². The number of carbonyl (C=O) groups excluding carboxylic acids is 1. The van der Waals surface area contributed by atoms with Gasteiger partial charge in [-0.15, -0.1) is 21.5 Å². The number of hydrogen-bond donors (Lipinski definition) is 1. The SMILES string of the molecule is CC(Sc1nnc(Cc2cccs2)n1C1CCCCC1)C(=O)Nc1ccccc1. The van der Waals surface area contributed by atoms with Crippen molar-refractivity contribution in [1.82, 2.24) is 14.8 Å². The summed E-state index contributed by atoms with van der Waals surface area (Å²) in [6.07, 6.45) is 6.91. The maximum atomic E-state index is 12.7. The smallest absolute Gasteiger partial charge is 0.237 e. The number of amides is 1. The second kappa shape index (κ2) is 9.59. The molecule has 4 rings (SSSR count). The Balaban J connectivity index is 1.52. The van der Waals surface area contributed by atoms with Crippen molar-refractivity contribution >= 4 is 34.7 Å². The molecule has 1 aliphatic rings. The van der Waals surface area contributed by atoms with Crippen molar-refractivity contribution in [2.75, 3.05) is 5.32 Å². The second-order valence-corrected chi connectivity index (χ2v) is 9.77. The van der Waals surface area contributed by atoms with Crippen molar-refractivity contribution in [2.24, 2.45) is 0 Å². The number of aromatic nitrogens is 3. The largest absolute Gasteiger partial charge is 0.325 e. The molecule has 2 heterocycles. The molecule has 1 atom stereocenters. The van der Waals surface area contributed by atoms with Gasteiger partial charge in [-0.1, -0.05) is 55.3 Å². The van der Waals surface area contributed by atoms with Crippen molar-refractivity contribution in [3.05, 3.63) is 58.5 Å². The molecule has 1 amide bonds. The third kappa shape index (κ3) is 5.08. The lowest BCUT2D eigenvalue weighted by Gasteiger charge is -2.26. The molecule has 2 aromatic heterocycles. The average molecular weight is 427 g/mol. The molecular formula is C22H26N4OS2. The number of rotatable bonds is 7. The van der Waals surface area contributed by atoms with Gasteiger partial charge in [-0.2, -0.15) is 0 Å². The first-order valence-electron chi connectivity index (χ1n) is 10.2. The third-order valence-corrected chi connectivity index (χ3v) is 7.21. The fraction of sp³-hybridized carbons (Fsp3) is 0.409. The van der Waals surface area contributed by atoms with Crippen LogP contribution in [0.25, 0.3) is 0 Å². The molecule has 1 saturated carbocycles. The van der Waals surface area contributed by atoms with Crippen LogP contribution in [0.1, 0.15) is 55.8 Å². The minimum absolute atomic E-state index is 0.0146. The summed E-state index contributed by atoms with van der Waals surface area (Å²) in [5.41, 5.74) is 0.817. The molecule has 1 N–H and O–H groups in total. The lowest BCUT2D eigenvalue weighted by atomic mass is 9.95. The highest BCUT2D eigenvalue weighted by Crippen LogP contribution is 2.34. The highest BCUT2D eigenvalue weighted by molar-refractivity contribution is 8.00. The van der Waals surface area contributed by atoms with E-state index in [1.54, 1.807) is 11.3 Å². The summed E-state index contributed by atoms with van der Waals surface area (Å²) in [6.45, 7) is 1.93. The Morgan fingerprint density at radius 3 is 2.69 bits per heavy atom. The number of nitrogens with one attached hydrogen (secondary N) is 1. The Kier molecular flexibility index (Phi) is 6.67. The molecule has 1 fully saturated rings. The van der Waals surface area contributed by atoms with E-state index in [1.807, 2.05) is 37.3 Å². The maximum Gasteiger partial charge on any atom is 0.237 e. The van der Waals surface area contributed by atoms with E-state index >= 15 is 0 Å². The minimum atomic E-state index is -0.253. The van der Waals surface area contributed by atoms with E-state index in [4.69, 9.17) is 0 Å². The van der Waals surface area contributed by atoms with E-state index in [1.165, 1.54) is 35.9 Å². The molecule has 0 radical (unpaired) electrons. The summed E-state index contributed by atoms with van der Waals surface area (Å²) in [4.78, 5) is 14.0. The molecular weight excluding hydrogens is 400 g/mol. The number of nitrogens with zero attached hydrogens (tertiary/aromatic N) is 3. The number of thiophene rings is 1. The first-order chi connectivity index (χ1) is 14.2. The van der Waals surface area contributed by atoms with Crippen molar-refractivity contribution in [3.8, 4) is 0 Å². The van der Waals surface area contributed by atoms with Crippen LogP contribution in [-0.4, -0.2) is 25.9 Å². The molecule has 152 valence electrons.